The van der Waals surface area contributed by atoms with Crippen LogP contribution in [0.25, 0.3) is 12.2 Å². The largest absolute Gasteiger partial charge is 0.488 e. The topological polar surface area (TPSA) is 31.4 Å². The standard InChI is InChI=1S/C28H27NO2S/c1-21(2)28-26(30-17-22-9-5-3-6-10-22)15-24(13-14-25-19-32-20-29-25)16-27(28)31-18-23-11-7-4-8-12-23/h3-16,19-21H,17-18H2,1-2H3/b14-13+. The Balaban J connectivity index is 1.66. The quantitative estimate of drug-likeness (QED) is 0.268. The van der Waals surface area contributed by atoms with Gasteiger partial charge < -0.3 is 9.47 Å². The lowest BCUT2D eigenvalue weighted by molar-refractivity contribution is 0.282. The molecular formula is C28H27NO2S. The molecule has 3 nitrogen and oxygen atoms in total. The van der Waals surface area contributed by atoms with Crippen LogP contribution in [0, 0.1) is 0 Å². The van der Waals surface area contributed by atoms with E-state index in [-0.39, 0.29) is 5.92 Å². The van der Waals surface area contributed by atoms with Crippen LogP contribution >= 0.6 is 11.3 Å². The van der Waals surface area contributed by atoms with E-state index in [4.69, 9.17) is 9.47 Å². The third kappa shape index (κ3) is 5.86. The normalized spacial score (nSPS) is 11.2. The Hall–Kier alpha value is -3.37. The summed E-state index contributed by atoms with van der Waals surface area (Å²) in [5.74, 6) is 1.96. The number of nitrogens with zero attached hydrogens (tertiary/aromatic N) is 1. The van der Waals surface area contributed by atoms with E-state index in [2.05, 4.69) is 61.3 Å². The first-order valence-corrected chi connectivity index (χ1v) is 11.7. The summed E-state index contributed by atoms with van der Waals surface area (Å²) in [7, 11) is 0. The number of aromatic nitrogens is 1. The van der Waals surface area contributed by atoms with Crippen molar-refractivity contribution in [2.24, 2.45) is 0 Å². The molecule has 1 heterocycles. The minimum Gasteiger partial charge on any atom is -0.488 e. The summed E-state index contributed by atoms with van der Waals surface area (Å²) < 4.78 is 12.7. The molecule has 3 aromatic carbocycles. The van der Waals surface area contributed by atoms with Crippen molar-refractivity contribution in [1.29, 1.82) is 0 Å². The van der Waals surface area contributed by atoms with Crippen LogP contribution in [0.5, 0.6) is 11.5 Å². The van der Waals surface area contributed by atoms with Crippen LogP contribution in [0.4, 0.5) is 0 Å². The van der Waals surface area contributed by atoms with Gasteiger partial charge in [0.15, 0.2) is 0 Å². The Bertz CT molecular complexity index is 1070. The number of thiazole rings is 1. The van der Waals surface area contributed by atoms with E-state index in [1.165, 1.54) is 0 Å². The highest BCUT2D eigenvalue weighted by atomic mass is 32.1. The molecule has 0 aliphatic carbocycles. The number of rotatable bonds is 9. The fourth-order valence-corrected chi connectivity index (χ4v) is 4.00. The molecule has 0 radical (unpaired) electrons. The van der Waals surface area contributed by atoms with Gasteiger partial charge in [-0.2, -0.15) is 0 Å². The van der Waals surface area contributed by atoms with Crippen molar-refractivity contribution in [2.45, 2.75) is 33.0 Å². The van der Waals surface area contributed by atoms with Gasteiger partial charge in [-0.15, -0.1) is 11.3 Å². The van der Waals surface area contributed by atoms with Crippen LogP contribution in [-0.2, 0) is 13.2 Å². The van der Waals surface area contributed by atoms with E-state index in [0.717, 1.165) is 39.4 Å². The predicted molar refractivity (Wildman–Crippen MR) is 133 cm³/mol. The monoisotopic (exact) mass is 441 g/mol. The zero-order valence-corrected chi connectivity index (χ0v) is 19.2. The number of hydrogen-bond acceptors (Lipinski definition) is 4. The van der Waals surface area contributed by atoms with Crippen molar-refractivity contribution in [3.63, 3.8) is 0 Å². The molecule has 162 valence electrons. The van der Waals surface area contributed by atoms with Gasteiger partial charge in [0.2, 0.25) is 0 Å². The molecule has 0 spiro atoms. The summed E-state index contributed by atoms with van der Waals surface area (Å²) in [5.41, 5.74) is 7.16. The van der Waals surface area contributed by atoms with Crippen molar-refractivity contribution in [1.82, 2.24) is 4.98 Å². The third-order valence-electron chi connectivity index (χ3n) is 5.08. The Morgan fingerprint density at radius 2 is 1.38 bits per heavy atom. The summed E-state index contributed by atoms with van der Waals surface area (Å²) in [5, 5.41) is 2.03. The summed E-state index contributed by atoms with van der Waals surface area (Å²) >= 11 is 1.59. The fraction of sp³-hybridized carbons (Fsp3) is 0.179. The Kier molecular flexibility index (Phi) is 7.36. The molecule has 0 fully saturated rings. The van der Waals surface area contributed by atoms with Crippen LogP contribution in [0.3, 0.4) is 0 Å². The molecule has 1 aromatic heterocycles. The van der Waals surface area contributed by atoms with Gasteiger partial charge in [-0.05, 0) is 40.8 Å². The SMILES string of the molecule is CC(C)c1c(OCc2ccccc2)cc(/C=C/c2cscn2)cc1OCc1ccccc1. The lowest BCUT2D eigenvalue weighted by Crippen LogP contribution is -2.05. The molecule has 4 heteroatoms. The molecule has 0 aliphatic heterocycles. The Labute approximate surface area is 194 Å². The summed E-state index contributed by atoms with van der Waals surface area (Å²) in [4.78, 5) is 4.34. The van der Waals surface area contributed by atoms with E-state index < -0.39 is 0 Å². The van der Waals surface area contributed by atoms with Crippen LogP contribution < -0.4 is 9.47 Å². The summed E-state index contributed by atoms with van der Waals surface area (Å²) in [6.45, 7) is 5.37. The molecule has 0 atom stereocenters. The molecular weight excluding hydrogens is 414 g/mol. The van der Waals surface area contributed by atoms with E-state index in [1.807, 2.05) is 53.4 Å². The first-order valence-electron chi connectivity index (χ1n) is 10.8. The van der Waals surface area contributed by atoms with Gasteiger partial charge in [0, 0.05) is 10.9 Å². The van der Waals surface area contributed by atoms with Gasteiger partial charge in [-0.3, -0.25) is 0 Å². The van der Waals surface area contributed by atoms with Crippen LogP contribution in [0.2, 0.25) is 0 Å². The number of hydrogen-bond donors (Lipinski definition) is 0. The highest BCUT2D eigenvalue weighted by Gasteiger charge is 2.17. The molecule has 0 amide bonds. The van der Waals surface area contributed by atoms with Gasteiger partial charge in [-0.1, -0.05) is 80.6 Å². The lowest BCUT2D eigenvalue weighted by atomic mass is 9.98. The van der Waals surface area contributed by atoms with Crippen LogP contribution in [0.15, 0.2) is 83.7 Å². The molecule has 0 aliphatic rings. The second-order valence-electron chi connectivity index (χ2n) is 7.88. The van der Waals surface area contributed by atoms with E-state index in [0.29, 0.717) is 13.2 Å². The van der Waals surface area contributed by atoms with Crippen molar-refractivity contribution in [3.8, 4) is 11.5 Å². The summed E-state index contributed by atoms with van der Waals surface area (Å²) in [6.07, 6.45) is 4.08. The Morgan fingerprint density at radius 3 is 1.84 bits per heavy atom. The number of ether oxygens (including phenoxy) is 2. The van der Waals surface area contributed by atoms with Crippen LogP contribution in [-0.4, -0.2) is 4.98 Å². The van der Waals surface area contributed by atoms with E-state index >= 15 is 0 Å². The molecule has 4 aromatic rings. The van der Waals surface area contributed by atoms with Gasteiger partial charge in [-0.25, -0.2) is 4.98 Å². The number of benzene rings is 3. The molecule has 4 rings (SSSR count). The molecule has 0 bridgehead atoms. The second-order valence-corrected chi connectivity index (χ2v) is 8.60. The summed E-state index contributed by atoms with van der Waals surface area (Å²) in [6, 6.07) is 24.7. The molecule has 0 saturated carbocycles. The zero-order chi connectivity index (χ0) is 22.2. The van der Waals surface area contributed by atoms with Crippen molar-refractivity contribution < 1.29 is 9.47 Å². The van der Waals surface area contributed by atoms with E-state index in [1.54, 1.807) is 11.3 Å². The maximum Gasteiger partial charge on any atom is 0.127 e. The molecule has 32 heavy (non-hydrogen) atoms. The third-order valence-corrected chi connectivity index (χ3v) is 5.68. The fourth-order valence-electron chi connectivity index (χ4n) is 3.48. The molecule has 0 unspecified atom stereocenters. The Morgan fingerprint density at radius 1 is 0.812 bits per heavy atom. The first kappa shape index (κ1) is 21.8. The second kappa shape index (κ2) is 10.8. The maximum absolute atomic E-state index is 6.33. The van der Waals surface area contributed by atoms with Gasteiger partial charge in [0.25, 0.3) is 0 Å². The van der Waals surface area contributed by atoms with Gasteiger partial charge in [0.1, 0.15) is 24.7 Å². The predicted octanol–water partition coefficient (Wildman–Crippen LogP) is 7.59. The van der Waals surface area contributed by atoms with Crippen LogP contribution in [0.1, 0.15) is 47.7 Å². The highest BCUT2D eigenvalue weighted by molar-refractivity contribution is 7.07. The minimum atomic E-state index is 0.253. The first-order chi connectivity index (χ1) is 15.7. The molecule has 0 saturated heterocycles. The average Bonchev–Trinajstić information content (AvgIpc) is 3.35. The zero-order valence-electron chi connectivity index (χ0n) is 18.4. The average molecular weight is 442 g/mol. The van der Waals surface area contributed by atoms with Crippen molar-refractivity contribution in [2.75, 3.05) is 0 Å². The highest BCUT2D eigenvalue weighted by Crippen LogP contribution is 2.38. The smallest absolute Gasteiger partial charge is 0.127 e. The van der Waals surface area contributed by atoms with Gasteiger partial charge in [0.05, 0.1) is 11.2 Å². The van der Waals surface area contributed by atoms with E-state index in [9.17, 15) is 0 Å². The molecule has 0 N–H and O–H groups in total. The maximum atomic E-state index is 6.33. The van der Waals surface area contributed by atoms with Crippen molar-refractivity contribution in [3.05, 3.63) is 112 Å². The van der Waals surface area contributed by atoms with Crippen molar-refractivity contribution >= 4 is 23.5 Å². The lowest BCUT2D eigenvalue weighted by Gasteiger charge is -2.20. The van der Waals surface area contributed by atoms with Gasteiger partial charge >= 0.3 is 0 Å². The minimum absolute atomic E-state index is 0.253.